The molecule has 6 heteroatoms. The van der Waals surface area contributed by atoms with E-state index in [0.717, 1.165) is 0 Å². The third kappa shape index (κ3) is 18.4. The number of rotatable bonds is 1. The van der Waals surface area contributed by atoms with Crippen LogP contribution in [0.15, 0.2) is 0 Å². The van der Waals surface area contributed by atoms with E-state index in [1.807, 2.05) is 0 Å². The fourth-order valence-corrected chi connectivity index (χ4v) is 0. The fourth-order valence-electron chi connectivity index (χ4n) is 0. The summed E-state index contributed by atoms with van der Waals surface area (Å²) in [6.45, 7) is 0. The third-order valence-electron chi connectivity index (χ3n) is 0.285. The van der Waals surface area contributed by atoms with Crippen molar-refractivity contribution in [3.05, 3.63) is 0 Å². The van der Waals surface area contributed by atoms with Gasteiger partial charge in [0, 0.05) is 0 Å². The van der Waals surface area contributed by atoms with Crippen molar-refractivity contribution in [2.24, 2.45) is 11.5 Å². The standard InChI is InChI=1S/C2H6N2O2.CHO.Ni/c3-1(4)2(5)6;1-2;/h1H,3-4H2,(H,5,6);1H;. The molecule has 0 heterocycles. The molecule has 0 aliphatic rings. The number of carbonyl (C=O) groups is 2. The second kappa shape index (κ2) is 7.55. The first-order chi connectivity index (χ1) is 4.06. The molecule has 5 nitrogen and oxygen atoms in total. The first kappa shape index (κ1) is 11.4. The van der Waals surface area contributed by atoms with E-state index in [1.54, 1.807) is 0 Å². The van der Waals surface area contributed by atoms with Crippen molar-refractivity contribution in [2.75, 3.05) is 0 Å². The number of carboxylic acid groups (broad SMARTS) is 1. The van der Waals surface area contributed by atoms with Crippen molar-refractivity contribution in [3.8, 4) is 0 Å². The zero-order valence-corrected chi connectivity index (χ0v) is 5.38. The van der Waals surface area contributed by atoms with Gasteiger partial charge in [-0.3, -0.25) is 0 Å². The molecule has 57 valence electrons. The van der Waals surface area contributed by atoms with Crippen LogP contribution in [-0.4, -0.2) is 22.5 Å². The first-order valence-corrected chi connectivity index (χ1v) is 2.37. The van der Waals surface area contributed by atoms with E-state index in [4.69, 9.17) is 9.90 Å². The molecule has 0 rings (SSSR count). The van der Waals surface area contributed by atoms with Gasteiger partial charge in [0.1, 0.15) is 0 Å². The normalized spacial score (nSPS) is 7.67. The molecule has 0 radical (unpaired) electrons. The van der Waals surface area contributed by atoms with Crippen LogP contribution in [0.25, 0.3) is 0 Å². The molecule has 0 spiro atoms. The van der Waals surface area contributed by atoms with Crippen molar-refractivity contribution >= 4 is 11.2 Å². The van der Waals surface area contributed by atoms with Gasteiger partial charge in [-0.15, -0.1) is 0 Å². The van der Waals surface area contributed by atoms with E-state index in [2.05, 4.69) is 26.9 Å². The van der Waals surface area contributed by atoms with Crippen LogP contribution in [-0.2, 0) is 25.1 Å². The number of hydrogen-bond acceptors (Lipinski definition) is 4. The summed E-state index contributed by atoms with van der Waals surface area (Å²) in [6, 6.07) is 0. The van der Waals surface area contributed by atoms with Crippen molar-refractivity contribution in [1.82, 2.24) is 0 Å². The Morgan fingerprint density at radius 2 is 1.78 bits per heavy atom. The zero-order valence-electron chi connectivity index (χ0n) is 4.39. The Kier molecular flexibility index (Phi) is 9.54. The monoisotopic (exact) mass is 177 g/mol. The van der Waals surface area contributed by atoms with Gasteiger partial charge in [0.2, 0.25) is 0 Å². The van der Waals surface area contributed by atoms with Gasteiger partial charge in [0.25, 0.3) is 0 Å². The number of aliphatic carboxylic acids is 1. The van der Waals surface area contributed by atoms with E-state index in [1.165, 1.54) is 0 Å². The minimum absolute atomic E-state index is 0.375. The molecule has 9 heavy (non-hydrogen) atoms. The van der Waals surface area contributed by atoms with Crippen molar-refractivity contribution in [2.45, 2.75) is 6.17 Å². The molecule has 0 aliphatic carbocycles. The molecule has 0 aromatic carbocycles. The zero-order chi connectivity index (χ0) is 7.86. The Labute approximate surface area is 59.8 Å². The second-order valence-corrected chi connectivity index (χ2v) is 1.17. The second-order valence-electron chi connectivity index (χ2n) is 0.939. The molecule has 0 amide bonds. The Morgan fingerprint density at radius 1 is 1.67 bits per heavy atom. The number of carboxylic acids is 1. The van der Waals surface area contributed by atoms with Gasteiger partial charge in [-0.1, -0.05) is 0 Å². The molecule has 0 unspecified atom stereocenters. The van der Waals surface area contributed by atoms with Crippen molar-refractivity contribution in [1.29, 1.82) is 0 Å². The predicted octanol–water partition coefficient (Wildman–Crippen LogP) is -1.96. The van der Waals surface area contributed by atoms with Crippen LogP contribution in [0, 0.1) is 0 Å². The Bertz CT molecular complexity index is 95.1. The van der Waals surface area contributed by atoms with Crippen molar-refractivity contribution < 1.29 is 30.2 Å². The molecule has 5 N–H and O–H groups in total. The Hall–Kier alpha value is -0.446. The third-order valence-corrected chi connectivity index (χ3v) is 0.285. The average Bonchev–Trinajstić information content (AvgIpc) is 1.68. The number of carbonyl (C=O) groups excluding carboxylic acids is 1. The molecule has 0 fully saturated rings. The van der Waals surface area contributed by atoms with E-state index < -0.39 is 12.1 Å². The Balaban J connectivity index is 0. The van der Waals surface area contributed by atoms with Crippen LogP contribution in [0.3, 0.4) is 0 Å². The van der Waals surface area contributed by atoms with Gasteiger partial charge in [-0.2, -0.15) is 0 Å². The molecule has 0 bridgehead atoms. The topological polar surface area (TPSA) is 106 Å². The SMILES string of the molecule is NC(N)C(=O)O.O=[CH][Ni]. The maximum absolute atomic E-state index is 9.45. The number of hydrogen-bond donors (Lipinski definition) is 3. The fraction of sp³-hybridized carbons (Fsp3) is 0.333. The summed E-state index contributed by atoms with van der Waals surface area (Å²) < 4.78 is 0. The molecule has 0 aromatic heterocycles. The molecule has 0 aliphatic heterocycles. The molecule has 0 saturated heterocycles. The molecular formula is C3H7N2NiO3. The van der Waals surface area contributed by atoms with Crippen LogP contribution in [0.4, 0.5) is 0 Å². The minimum atomic E-state index is -1.23. The van der Waals surface area contributed by atoms with E-state index in [-0.39, 0.29) is 0 Å². The van der Waals surface area contributed by atoms with Gasteiger partial charge in [0.05, 0.1) is 0 Å². The molecule has 0 aromatic rings. The summed E-state index contributed by atoms with van der Waals surface area (Å²) in [6.07, 6.45) is -1.23. The van der Waals surface area contributed by atoms with Gasteiger partial charge in [-0.05, 0) is 0 Å². The Morgan fingerprint density at radius 3 is 1.78 bits per heavy atom. The van der Waals surface area contributed by atoms with Gasteiger partial charge >= 0.3 is 31.5 Å². The van der Waals surface area contributed by atoms with Gasteiger partial charge in [-0.25, -0.2) is 4.79 Å². The van der Waals surface area contributed by atoms with Crippen LogP contribution >= 0.6 is 0 Å². The van der Waals surface area contributed by atoms with Crippen LogP contribution in [0.2, 0.25) is 0 Å². The summed E-state index contributed by atoms with van der Waals surface area (Å²) in [7, 11) is 0. The van der Waals surface area contributed by atoms with Crippen LogP contribution in [0.5, 0.6) is 0 Å². The van der Waals surface area contributed by atoms with Gasteiger partial charge in [0.15, 0.2) is 6.17 Å². The summed E-state index contributed by atoms with van der Waals surface area (Å²) >= 11 is 3.49. The molecular weight excluding hydrogens is 171 g/mol. The first-order valence-electron chi connectivity index (χ1n) is 1.80. The van der Waals surface area contributed by atoms with Crippen LogP contribution in [0.1, 0.15) is 0 Å². The average molecular weight is 178 g/mol. The maximum atomic E-state index is 9.45. The van der Waals surface area contributed by atoms with Crippen molar-refractivity contribution in [3.63, 3.8) is 0 Å². The molecule has 0 saturated carbocycles. The summed E-state index contributed by atoms with van der Waals surface area (Å²) in [5.41, 5.74) is 9.23. The molecule has 0 atom stereocenters. The predicted molar refractivity (Wildman–Crippen MR) is 26.5 cm³/mol. The van der Waals surface area contributed by atoms with E-state index >= 15 is 0 Å². The van der Waals surface area contributed by atoms with Crippen LogP contribution < -0.4 is 11.5 Å². The quantitative estimate of drug-likeness (QED) is 0.245. The summed E-state index contributed by atoms with van der Waals surface area (Å²) in [4.78, 5) is 18.1. The van der Waals surface area contributed by atoms with E-state index in [9.17, 15) is 4.79 Å². The van der Waals surface area contributed by atoms with E-state index in [0.29, 0.717) is 5.26 Å². The van der Waals surface area contributed by atoms with Gasteiger partial charge < -0.3 is 16.6 Å². The number of nitrogens with two attached hydrogens (primary N) is 2. The summed E-state index contributed by atoms with van der Waals surface area (Å²) in [5, 5.41) is 8.12. The summed E-state index contributed by atoms with van der Waals surface area (Å²) in [5.74, 6) is -1.19.